The van der Waals surface area contributed by atoms with Crippen molar-refractivity contribution in [3.05, 3.63) is 84.6 Å². The molecule has 1 N–H and O–H groups in total. The first-order chi connectivity index (χ1) is 18.5. The van der Waals surface area contributed by atoms with Crippen LogP contribution in [-0.2, 0) is 11.3 Å². The van der Waals surface area contributed by atoms with Crippen LogP contribution in [0, 0.1) is 5.82 Å². The monoisotopic (exact) mass is 510 g/mol. The molecule has 9 heteroatoms. The zero-order chi connectivity index (χ0) is 26.1. The van der Waals surface area contributed by atoms with Crippen molar-refractivity contribution >= 4 is 39.2 Å². The highest BCUT2D eigenvalue weighted by Crippen LogP contribution is 2.33. The largest absolute Gasteiger partial charge is 0.480 e. The number of likely N-dealkylation sites (tertiary alicyclic amines) is 1. The van der Waals surface area contributed by atoms with Crippen LogP contribution in [0.2, 0.25) is 0 Å². The molecule has 1 unspecified atom stereocenters. The Hall–Kier alpha value is -4.53. The quantitative estimate of drug-likeness (QED) is 0.320. The minimum atomic E-state index is -0.618. The zero-order valence-electron chi connectivity index (χ0n) is 21.0. The van der Waals surface area contributed by atoms with Gasteiger partial charge in [0.1, 0.15) is 23.7 Å². The average molecular weight is 511 g/mol. The van der Waals surface area contributed by atoms with Crippen molar-refractivity contribution in [1.29, 1.82) is 0 Å². The van der Waals surface area contributed by atoms with Gasteiger partial charge in [0.15, 0.2) is 6.10 Å². The van der Waals surface area contributed by atoms with Gasteiger partial charge in [0.25, 0.3) is 5.91 Å². The fourth-order valence-electron chi connectivity index (χ4n) is 4.94. The lowest BCUT2D eigenvalue weighted by molar-refractivity contribution is -0.136. The molecule has 6 rings (SSSR count). The maximum absolute atomic E-state index is 13.6. The summed E-state index contributed by atoms with van der Waals surface area (Å²) < 4.78 is 21.6. The molecule has 3 aromatic carbocycles. The Labute approximate surface area is 219 Å². The van der Waals surface area contributed by atoms with Crippen molar-refractivity contribution in [1.82, 2.24) is 24.6 Å². The van der Waals surface area contributed by atoms with E-state index in [0.29, 0.717) is 29.0 Å². The summed E-state index contributed by atoms with van der Waals surface area (Å²) in [5.74, 6) is 0.861. The van der Waals surface area contributed by atoms with Crippen molar-refractivity contribution in [3.8, 4) is 5.75 Å². The Balaban J connectivity index is 1.27. The van der Waals surface area contributed by atoms with E-state index in [1.54, 1.807) is 19.2 Å². The number of hydrogen-bond acceptors (Lipinski definition) is 6. The van der Waals surface area contributed by atoms with Crippen molar-refractivity contribution < 1.29 is 13.9 Å². The number of halogens is 1. The number of aromatic nitrogens is 4. The number of fused-ring (bicyclic) bond motifs is 2. The summed E-state index contributed by atoms with van der Waals surface area (Å²) in [4.78, 5) is 23.6. The Kier molecular flexibility index (Phi) is 6.33. The van der Waals surface area contributed by atoms with Crippen LogP contribution in [0.25, 0.3) is 21.8 Å². The van der Waals surface area contributed by atoms with Gasteiger partial charge in [-0.05, 0) is 67.8 Å². The number of amides is 1. The first kappa shape index (κ1) is 23.8. The van der Waals surface area contributed by atoms with Gasteiger partial charge >= 0.3 is 0 Å². The van der Waals surface area contributed by atoms with Gasteiger partial charge in [0.2, 0.25) is 0 Å². The Morgan fingerprint density at radius 2 is 1.92 bits per heavy atom. The van der Waals surface area contributed by atoms with Gasteiger partial charge in [0.05, 0.1) is 29.2 Å². The van der Waals surface area contributed by atoms with Crippen LogP contribution in [-0.4, -0.2) is 49.7 Å². The van der Waals surface area contributed by atoms with Gasteiger partial charge in [-0.2, -0.15) is 5.10 Å². The molecule has 1 saturated heterocycles. The summed E-state index contributed by atoms with van der Waals surface area (Å²) >= 11 is 0. The summed E-state index contributed by atoms with van der Waals surface area (Å²) in [5, 5.41) is 9.53. The van der Waals surface area contributed by atoms with E-state index in [-0.39, 0.29) is 11.7 Å². The highest BCUT2D eigenvalue weighted by molar-refractivity contribution is 5.97. The molecule has 1 aliphatic rings. The van der Waals surface area contributed by atoms with Gasteiger partial charge < -0.3 is 15.0 Å². The SMILES string of the molecule is CC(Oc1cccc2ncnc(Nc3ccc4c(cnn4Cc4cccc(F)c4)c3)c12)C(=O)N1CCCC1. The van der Waals surface area contributed by atoms with Crippen molar-refractivity contribution in [3.63, 3.8) is 0 Å². The third kappa shape index (κ3) is 4.74. The highest BCUT2D eigenvalue weighted by atomic mass is 19.1. The zero-order valence-corrected chi connectivity index (χ0v) is 21.0. The lowest BCUT2D eigenvalue weighted by Crippen LogP contribution is -2.38. The molecule has 1 amide bonds. The first-order valence-electron chi connectivity index (χ1n) is 12.7. The third-order valence-electron chi connectivity index (χ3n) is 6.82. The summed E-state index contributed by atoms with van der Waals surface area (Å²) in [6.45, 7) is 3.81. The highest BCUT2D eigenvalue weighted by Gasteiger charge is 2.25. The van der Waals surface area contributed by atoms with E-state index in [2.05, 4.69) is 20.4 Å². The molecular formula is C29H27FN6O2. The number of benzene rings is 3. The van der Waals surface area contributed by atoms with Crippen LogP contribution < -0.4 is 10.1 Å². The van der Waals surface area contributed by atoms with Gasteiger partial charge in [-0.15, -0.1) is 0 Å². The first-order valence-corrected chi connectivity index (χ1v) is 12.7. The van der Waals surface area contributed by atoms with E-state index in [9.17, 15) is 9.18 Å². The lowest BCUT2D eigenvalue weighted by atomic mass is 10.2. The van der Waals surface area contributed by atoms with E-state index in [0.717, 1.165) is 48.1 Å². The third-order valence-corrected chi connectivity index (χ3v) is 6.82. The minimum absolute atomic E-state index is 0.00781. The molecule has 192 valence electrons. The number of ether oxygens (including phenoxy) is 1. The van der Waals surface area contributed by atoms with Crippen molar-refractivity contribution in [2.75, 3.05) is 18.4 Å². The molecule has 1 atom stereocenters. The predicted octanol–water partition coefficient (Wildman–Crippen LogP) is 5.30. The molecule has 5 aromatic rings. The molecule has 0 saturated carbocycles. The molecule has 3 heterocycles. The van der Waals surface area contributed by atoms with E-state index in [1.807, 2.05) is 52.0 Å². The molecular weight excluding hydrogens is 483 g/mol. The Morgan fingerprint density at radius 3 is 2.76 bits per heavy atom. The molecule has 0 aliphatic carbocycles. The number of carbonyl (C=O) groups excluding carboxylic acids is 1. The average Bonchev–Trinajstić information content (AvgIpc) is 3.59. The van der Waals surface area contributed by atoms with Crippen LogP contribution in [0.3, 0.4) is 0 Å². The molecule has 0 radical (unpaired) electrons. The molecule has 2 aromatic heterocycles. The van der Waals surface area contributed by atoms with Crippen LogP contribution in [0.5, 0.6) is 5.75 Å². The topological polar surface area (TPSA) is 85.2 Å². The van der Waals surface area contributed by atoms with E-state index < -0.39 is 6.10 Å². The molecule has 0 bridgehead atoms. The van der Waals surface area contributed by atoms with Crippen molar-refractivity contribution in [2.45, 2.75) is 32.4 Å². The van der Waals surface area contributed by atoms with Gasteiger partial charge in [0, 0.05) is 24.2 Å². The summed E-state index contributed by atoms with van der Waals surface area (Å²) in [6, 6.07) is 18.0. The van der Waals surface area contributed by atoms with Gasteiger partial charge in [-0.3, -0.25) is 9.48 Å². The summed E-state index contributed by atoms with van der Waals surface area (Å²) in [7, 11) is 0. The number of hydrogen-bond donors (Lipinski definition) is 1. The maximum atomic E-state index is 13.6. The predicted molar refractivity (Wildman–Crippen MR) is 144 cm³/mol. The number of nitrogens with one attached hydrogen (secondary N) is 1. The Morgan fingerprint density at radius 1 is 1.08 bits per heavy atom. The van der Waals surface area contributed by atoms with E-state index >= 15 is 0 Å². The lowest BCUT2D eigenvalue weighted by Gasteiger charge is -2.22. The normalized spacial score (nSPS) is 14.2. The minimum Gasteiger partial charge on any atom is -0.480 e. The van der Waals surface area contributed by atoms with Crippen LogP contribution in [0.4, 0.5) is 15.9 Å². The fraction of sp³-hybridized carbons (Fsp3) is 0.241. The summed E-state index contributed by atoms with van der Waals surface area (Å²) in [5.41, 5.74) is 3.31. The van der Waals surface area contributed by atoms with Crippen LogP contribution in [0.15, 0.2) is 73.2 Å². The van der Waals surface area contributed by atoms with E-state index in [4.69, 9.17) is 4.74 Å². The number of carbonyl (C=O) groups is 1. The van der Waals surface area contributed by atoms with Crippen LogP contribution in [0.1, 0.15) is 25.3 Å². The number of rotatable bonds is 7. The number of nitrogens with zero attached hydrogens (tertiary/aromatic N) is 5. The standard InChI is InChI=1S/C29H27FN6O2/c1-19(29(37)35-12-2-3-13-35)38-26-9-5-8-24-27(26)28(32-18-31-24)34-23-10-11-25-21(15-23)16-33-36(25)17-20-6-4-7-22(30)14-20/h4-11,14-16,18-19H,2-3,12-13,17H2,1H3,(H,31,32,34). The maximum Gasteiger partial charge on any atom is 0.263 e. The van der Waals surface area contributed by atoms with Crippen molar-refractivity contribution in [2.24, 2.45) is 0 Å². The molecule has 8 nitrogen and oxygen atoms in total. The van der Waals surface area contributed by atoms with Gasteiger partial charge in [-0.1, -0.05) is 18.2 Å². The smallest absolute Gasteiger partial charge is 0.263 e. The van der Waals surface area contributed by atoms with E-state index in [1.165, 1.54) is 18.5 Å². The molecule has 1 fully saturated rings. The molecule has 1 aliphatic heterocycles. The second-order valence-electron chi connectivity index (χ2n) is 9.50. The fourth-order valence-corrected chi connectivity index (χ4v) is 4.94. The second-order valence-corrected chi connectivity index (χ2v) is 9.50. The Bertz CT molecular complexity index is 1620. The second kappa shape index (κ2) is 10.1. The van der Waals surface area contributed by atoms with Gasteiger partial charge in [-0.25, -0.2) is 14.4 Å². The molecule has 0 spiro atoms. The molecule has 38 heavy (non-hydrogen) atoms. The van der Waals surface area contributed by atoms with Crippen LogP contribution >= 0.6 is 0 Å². The number of anilines is 2. The summed E-state index contributed by atoms with van der Waals surface area (Å²) in [6.07, 6.45) is 4.73.